The van der Waals surface area contributed by atoms with E-state index in [9.17, 15) is 9.90 Å². The predicted molar refractivity (Wildman–Crippen MR) is 117 cm³/mol. The fourth-order valence-electron chi connectivity index (χ4n) is 3.14. The Bertz CT molecular complexity index is 590. The maximum absolute atomic E-state index is 12.4. The van der Waals surface area contributed by atoms with Crippen molar-refractivity contribution in [3.63, 3.8) is 0 Å². The summed E-state index contributed by atoms with van der Waals surface area (Å²) in [6.07, 6.45) is 5.35. The molecule has 8 heteroatoms. The van der Waals surface area contributed by atoms with Crippen LogP contribution in [0.2, 0.25) is 0 Å². The Balaban J connectivity index is 0.00000364. The number of hydrogen-bond acceptors (Lipinski definition) is 4. The van der Waals surface area contributed by atoms with Crippen molar-refractivity contribution in [2.75, 3.05) is 26.2 Å². The summed E-state index contributed by atoms with van der Waals surface area (Å²) >= 11 is 0. The molecule has 0 aromatic carbocycles. The molecule has 0 saturated carbocycles. The summed E-state index contributed by atoms with van der Waals surface area (Å²) < 4.78 is 5.27. The average molecular weight is 492 g/mol. The molecule has 1 aromatic heterocycles. The van der Waals surface area contributed by atoms with Crippen molar-refractivity contribution in [2.45, 2.75) is 58.1 Å². The number of aliphatic imine (C=N–C) groups is 1. The summed E-state index contributed by atoms with van der Waals surface area (Å²) in [4.78, 5) is 18.8. The molecular formula is C19H33IN4O3. The molecule has 2 unspecified atom stereocenters. The second-order valence-electron chi connectivity index (χ2n) is 7.06. The van der Waals surface area contributed by atoms with Crippen LogP contribution in [0.1, 0.15) is 52.2 Å². The lowest BCUT2D eigenvalue weighted by Gasteiger charge is -2.33. The van der Waals surface area contributed by atoms with Crippen LogP contribution in [0.3, 0.4) is 0 Å². The van der Waals surface area contributed by atoms with Gasteiger partial charge in [-0.1, -0.05) is 0 Å². The Hall–Kier alpha value is -1.29. The van der Waals surface area contributed by atoms with E-state index in [1.54, 1.807) is 19.1 Å². The summed E-state index contributed by atoms with van der Waals surface area (Å²) in [5.41, 5.74) is -1.18. The normalized spacial score (nSPS) is 19.8. The first-order valence-corrected chi connectivity index (χ1v) is 9.52. The Morgan fingerprint density at radius 3 is 2.85 bits per heavy atom. The Morgan fingerprint density at radius 2 is 2.22 bits per heavy atom. The zero-order valence-electron chi connectivity index (χ0n) is 16.5. The predicted octanol–water partition coefficient (Wildman–Crippen LogP) is 2.45. The van der Waals surface area contributed by atoms with Crippen molar-refractivity contribution >= 4 is 35.8 Å². The third-order valence-corrected chi connectivity index (χ3v) is 4.70. The highest BCUT2D eigenvalue weighted by Gasteiger charge is 2.26. The average Bonchev–Trinajstić information content (AvgIpc) is 3.15. The number of aliphatic hydroxyl groups is 1. The first kappa shape index (κ1) is 23.7. The second kappa shape index (κ2) is 11.5. The number of piperidine rings is 1. The molecule has 0 radical (unpaired) electrons. The maximum Gasteiger partial charge on any atom is 0.224 e. The topological polar surface area (TPSA) is 90.1 Å². The molecule has 1 amide bonds. The van der Waals surface area contributed by atoms with Gasteiger partial charge in [0.15, 0.2) is 5.96 Å². The molecule has 154 valence electrons. The molecule has 7 nitrogen and oxygen atoms in total. The van der Waals surface area contributed by atoms with E-state index in [4.69, 9.17) is 4.42 Å². The zero-order chi connectivity index (χ0) is 19.0. The van der Waals surface area contributed by atoms with Crippen LogP contribution < -0.4 is 10.6 Å². The van der Waals surface area contributed by atoms with Gasteiger partial charge in [0.2, 0.25) is 5.91 Å². The minimum atomic E-state index is -1.18. The van der Waals surface area contributed by atoms with Gasteiger partial charge in [0.1, 0.15) is 11.4 Å². The molecule has 1 aliphatic rings. The third-order valence-electron chi connectivity index (χ3n) is 4.70. The van der Waals surface area contributed by atoms with Crippen LogP contribution in [-0.2, 0) is 10.4 Å². The summed E-state index contributed by atoms with van der Waals surface area (Å²) in [7, 11) is 0. The largest absolute Gasteiger partial charge is 0.466 e. The minimum Gasteiger partial charge on any atom is -0.466 e. The summed E-state index contributed by atoms with van der Waals surface area (Å²) in [5, 5.41) is 16.8. The van der Waals surface area contributed by atoms with Crippen LogP contribution in [-0.4, -0.2) is 54.1 Å². The van der Waals surface area contributed by atoms with Gasteiger partial charge in [-0.3, -0.25) is 4.79 Å². The molecule has 2 heterocycles. The minimum absolute atomic E-state index is 0. The van der Waals surface area contributed by atoms with E-state index in [1.165, 1.54) is 12.7 Å². The molecule has 0 spiro atoms. The van der Waals surface area contributed by atoms with Crippen molar-refractivity contribution in [2.24, 2.45) is 4.99 Å². The summed E-state index contributed by atoms with van der Waals surface area (Å²) in [6, 6.07) is 3.81. The number of amides is 1. The highest BCUT2D eigenvalue weighted by Crippen LogP contribution is 2.21. The number of halogens is 1. The second-order valence-corrected chi connectivity index (χ2v) is 7.06. The van der Waals surface area contributed by atoms with E-state index in [0.29, 0.717) is 37.3 Å². The number of rotatable bonds is 7. The zero-order valence-corrected chi connectivity index (χ0v) is 18.9. The molecule has 0 aliphatic carbocycles. The fraction of sp³-hybridized carbons (Fsp3) is 0.684. The smallest absolute Gasteiger partial charge is 0.224 e. The van der Waals surface area contributed by atoms with E-state index in [1.807, 2.05) is 11.8 Å². The van der Waals surface area contributed by atoms with Gasteiger partial charge in [-0.2, -0.15) is 0 Å². The fourth-order valence-corrected chi connectivity index (χ4v) is 3.14. The summed E-state index contributed by atoms with van der Waals surface area (Å²) in [5.74, 6) is 1.24. The molecule has 27 heavy (non-hydrogen) atoms. The molecule has 2 atom stereocenters. The number of carbonyl (C=O) groups is 1. The van der Waals surface area contributed by atoms with Gasteiger partial charge in [0.05, 0.1) is 12.8 Å². The van der Waals surface area contributed by atoms with Crippen LogP contribution in [0, 0.1) is 0 Å². The SMILES string of the molecule is CCNC(=NCC(C)(O)c1ccco1)NCCC(=O)N1CCCCC1C.I. The maximum atomic E-state index is 12.4. The standard InChI is InChI=1S/C19H32N4O3.HI/c1-4-20-18(22-14-19(3,25)16-9-7-13-26-16)21-11-10-17(24)23-12-6-5-8-15(23)2;/h7,9,13,15,25H,4-6,8,10-12,14H2,1-3H3,(H2,20,21,22);1H. The van der Waals surface area contributed by atoms with Crippen molar-refractivity contribution in [3.8, 4) is 0 Å². The van der Waals surface area contributed by atoms with Gasteiger partial charge < -0.3 is 25.1 Å². The quantitative estimate of drug-likeness (QED) is 0.309. The number of nitrogens with one attached hydrogen (secondary N) is 2. The number of nitrogens with zero attached hydrogens (tertiary/aromatic N) is 2. The van der Waals surface area contributed by atoms with Crippen molar-refractivity contribution < 1.29 is 14.3 Å². The third kappa shape index (κ3) is 7.33. The lowest BCUT2D eigenvalue weighted by Crippen LogP contribution is -2.44. The lowest BCUT2D eigenvalue weighted by atomic mass is 10.0. The molecule has 0 bridgehead atoms. The Kier molecular flexibility index (Phi) is 10.1. The van der Waals surface area contributed by atoms with Crippen LogP contribution in [0.5, 0.6) is 0 Å². The highest BCUT2D eigenvalue weighted by molar-refractivity contribution is 14.0. The van der Waals surface area contributed by atoms with Gasteiger partial charge in [0.25, 0.3) is 0 Å². The van der Waals surface area contributed by atoms with Gasteiger partial charge in [-0.15, -0.1) is 24.0 Å². The number of hydrogen-bond donors (Lipinski definition) is 3. The van der Waals surface area contributed by atoms with E-state index in [2.05, 4.69) is 22.5 Å². The molecule has 1 saturated heterocycles. The first-order chi connectivity index (χ1) is 12.4. The molecule has 1 aromatic rings. The number of furan rings is 1. The molecule has 1 aliphatic heterocycles. The van der Waals surface area contributed by atoms with Crippen molar-refractivity contribution in [1.29, 1.82) is 0 Å². The van der Waals surface area contributed by atoms with Crippen LogP contribution in [0.25, 0.3) is 0 Å². The van der Waals surface area contributed by atoms with Gasteiger partial charge in [-0.05, 0) is 52.2 Å². The van der Waals surface area contributed by atoms with E-state index < -0.39 is 5.60 Å². The van der Waals surface area contributed by atoms with Crippen LogP contribution >= 0.6 is 24.0 Å². The van der Waals surface area contributed by atoms with Crippen LogP contribution in [0.4, 0.5) is 0 Å². The molecular weight excluding hydrogens is 459 g/mol. The number of likely N-dealkylation sites (tertiary alicyclic amines) is 1. The lowest BCUT2D eigenvalue weighted by molar-refractivity contribution is -0.134. The summed E-state index contributed by atoms with van der Waals surface area (Å²) in [6.45, 7) is 7.99. The Morgan fingerprint density at radius 1 is 1.44 bits per heavy atom. The Labute approximate surface area is 179 Å². The van der Waals surface area contributed by atoms with Crippen molar-refractivity contribution in [3.05, 3.63) is 24.2 Å². The number of guanidine groups is 1. The van der Waals surface area contributed by atoms with Crippen LogP contribution in [0.15, 0.2) is 27.8 Å². The van der Waals surface area contributed by atoms with Gasteiger partial charge in [0, 0.05) is 32.1 Å². The highest BCUT2D eigenvalue weighted by atomic mass is 127. The van der Waals surface area contributed by atoms with E-state index in [0.717, 1.165) is 19.4 Å². The number of carbonyl (C=O) groups excluding carboxylic acids is 1. The monoisotopic (exact) mass is 492 g/mol. The van der Waals surface area contributed by atoms with E-state index >= 15 is 0 Å². The van der Waals surface area contributed by atoms with Crippen molar-refractivity contribution in [1.82, 2.24) is 15.5 Å². The molecule has 2 rings (SSSR count). The van der Waals surface area contributed by atoms with Gasteiger partial charge >= 0.3 is 0 Å². The molecule has 1 fully saturated rings. The molecule has 3 N–H and O–H groups in total. The van der Waals surface area contributed by atoms with Gasteiger partial charge in [-0.25, -0.2) is 4.99 Å². The first-order valence-electron chi connectivity index (χ1n) is 9.52. The van der Waals surface area contributed by atoms with E-state index in [-0.39, 0.29) is 36.4 Å².